The average Bonchev–Trinajstić information content (AvgIpc) is 2.82. The van der Waals surface area contributed by atoms with Crippen molar-refractivity contribution in [3.8, 4) is 0 Å². The number of likely N-dealkylation sites (tertiary alicyclic amines) is 1. The summed E-state index contributed by atoms with van der Waals surface area (Å²) in [5.74, 6) is -1.10. The molecule has 0 spiro atoms. The van der Waals surface area contributed by atoms with E-state index >= 15 is 0 Å². The molecule has 6 heteroatoms. The highest BCUT2D eigenvalue weighted by Crippen LogP contribution is 2.24. The number of carbonyl (C=O) groups excluding carboxylic acids is 1. The molecule has 1 fully saturated rings. The molecule has 0 aliphatic carbocycles. The standard InChI is InChI=1S/C14H20N2O3S/c1-3-11-4-5-12(20-11)6-15-14(19)16-7-10(8-16)9(2)13(17)18/h4-5,9-10H,3,6-8H2,1-2H3,(H,15,19)(H,17,18). The molecule has 0 bridgehead atoms. The van der Waals surface area contributed by atoms with Crippen molar-refractivity contribution in [3.05, 3.63) is 21.9 Å². The van der Waals surface area contributed by atoms with Crippen LogP contribution < -0.4 is 5.32 Å². The van der Waals surface area contributed by atoms with Crippen molar-refractivity contribution in [3.63, 3.8) is 0 Å². The molecule has 0 aromatic carbocycles. The van der Waals surface area contributed by atoms with Crippen LogP contribution in [0.5, 0.6) is 0 Å². The van der Waals surface area contributed by atoms with Crippen molar-refractivity contribution in [2.75, 3.05) is 13.1 Å². The molecule has 2 N–H and O–H groups in total. The minimum Gasteiger partial charge on any atom is -0.481 e. The van der Waals surface area contributed by atoms with Gasteiger partial charge >= 0.3 is 12.0 Å². The van der Waals surface area contributed by atoms with Crippen LogP contribution in [0.15, 0.2) is 12.1 Å². The second-order valence-corrected chi connectivity index (χ2v) is 6.43. The second-order valence-electron chi connectivity index (χ2n) is 5.17. The van der Waals surface area contributed by atoms with Crippen molar-refractivity contribution in [2.24, 2.45) is 11.8 Å². The van der Waals surface area contributed by atoms with Crippen LogP contribution in [-0.4, -0.2) is 35.1 Å². The van der Waals surface area contributed by atoms with Gasteiger partial charge in [0.05, 0.1) is 12.5 Å². The number of carbonyl (C=O) groups is 2. The first kappa shape index (κ1) is 14.8. The van der Waals surface area contributed by atoms with Gasteiger partial charge in [0.2, 0.25) is 0 Å². The van der Waals surface area contributed by atoms with E-state index in [1.807, 2.05) is 6.07 Å². The maximum absolute atomic E-state index is 11.9. The molecule has 0 saturated carbocycles. The molecule has 1 unspecified atom stereocenters. The Morgan fingerprint density at radius 2 is 2.10 bits per heavy atom. The van der Waals surface area contributed by atoms with Gasteiger partial charge in [-0.05, 0) is 18.6 Å². The van der Waals surface area contributed by atoms with Crippen LogP contribution >= 0.6 is 11.3 Å². The van der Waals surface area contributed by atoms with Gasteiger partial charge in [0.25, 0.3) is 0 Å². The second kappa shape index (κ2) is 6.26. The normalized spacial score (nSPS) is 16.6. The fourth-order valence-corrected chi connectivity index (χ4v) is 3.08. The molecule has 0 radical (unpaired) electrons. The molecule has 1 aromatic heterocycles. The Labute approximate surface area is 122 Å². The van der Waals surface area contributed by atoms with Crippen molar-refractivity contribution in [1.82, 2.24) is 10.2 Å². The van der Waals surface area contributed by atoms with Gasteiger partial charge in [-0.25, -0.2) is 4.79 Å². The summed E-state index contributed by atoms with van der Waals surface area (Å²) in [7, 11) is 0. The van der Waals surface area contributed by atoms with Gasteiger partial charge in [0, 0.05) is 28.8 Å². The summed E-state index contributed by atoms with van der Waals surface area (Å²) in [6, 6.07) is 4.01. The molecular formula is C14H20N2O3S. The van der Waals surface area contributed by atoms with E-state index < -0.39 is 5.97 Å². The summed E-state index contributed by atoms with van der Waals surface area (Å²) in [6.07, 6.45) is 1.01. The maximum Gasteiger partial charge on any atom is 0.317 e. The lowest BCUT2D eigenvalue weighted by Crippen LogP contribution is -2.56. The molecule has 1 aliphatic heterocycles. The lowest BCUT2D eigenvalue weighted by atomic mass is 9.87. The molecule has 20 heavy (non-hydrogen) atoms. The minimum absolute atomic E-state index is 0.0756. The Kier molecular flexibility index (Phi) is 4.65. The number of nitrogens with one attached hydrogen (secondary N) is 1. The number of hydrogen-bond acceptors (Lipinski definition) is 3. The zero-order valence-electron chi connectivity index (χ0n) is 11.8. The minimum atomic E-state index is -0.791. The molecule has 2 amide bonds. The number of rotatable bonds is 5. The Morgan fingerprint density at radius 1 is 1.45 bits per heavy atom. The van der Waals surface area contributed by atoms with E-state index in [-0.39, 0.29) is 17.9 Å². The van der Waals surface area contributed by atoms with Gasteiger partial charge in [-0.1, -0.05) is 13.8 Å². The van der Waals surface area contributed by atoms with E-state index in [2.05, 4.69) is 18.3 Å². The molecule has 5 nitrogen and oxygen atoms in total. The van der Waals surface area contributed by atoms with Crippen molar-refractivity contribution < 1.29 is 14.7 Å². The first-order valence-electron chi connectivity index (χ1n) is 6.84. The van der Waals surface area contributed by atoms with Crippen LogP contribution in [0.25, 0.3) is 0 Å². The molecule has 2 heterocycles. The lowest BCUT2D eigenvalue weighted by Gasteiger charge is -2.41. The van der Waals surface area contributed by atoms with Gasteiger partial charge in [0.15, 0.2) is 0 Å². The Morgan fingerprint density at radius 3 is 2.65 bits per heavy atom. The predicted molar refractivity (Wildman–Crippen MR) is 77.8 cm³/mol. The summed E-state index contributed by atoms with van der Waals surface area (Å²) >= 11 is 1.71. The third kappa shape index (κ3) is 3.30. The lowest BCUT2D eigenvalue weighted by molar-refractivity contribution is -0.144. The Bertz CT molecular complexity index is 494. The number of hydrogen-bond donors (Lipinski definition) is 2. The summed E-state index contributed by atoms with van der Waals surface area (Å²) in [5.41, 5.74) is 0. The molecule has 110 valence electrons. The van der Waals surface area contributed by atoms with E-state index in [9.17, 15) is 9.59 Å². The van der Waals surface area contributed by atoms with Gasteiger partial charge in [-0.2, -0.15) is 0 Å². The van der Waals surface area contributed by atoms with E-state index in [1.165, 1.54) is 4.88 Å². The van der Waals surface area contributed by atoms with Crippen LogP contribution in [0, 0.1) is 11.8 Å². The predicted octanol–water partition coefficient (Wildman–Crippen LogP) is 2.17. The van der Waals surface area contributed by atoms with Gasteiger partial charge in [-0.15, -0.1) is 11.3 Å². The molecule has 2 rings (SSSR count). The first-order valence-corrected chi connectivity index (χ1v) is 7.66. The fraction of sp³-hybridized carbons (Fsp3) is 0.571. The number of carboxylic acids is 1. The molecule has 1 aromatic rings. The summed E-state index contributed by atoms with van der Waals surface area (Å²) < 4.78 is 0. The molecule has 1 aliphatic rings. The zero-order chi connectivity index (χ0) is 14.7. The van der Waals surface area contributed by atoms with E-state index in [4.69, 9.17) is 5.11 Å². The third-order valence-corrected chi connectivity index (χ3v) is 5.00. The fourth-order valence-electron chi connectivity index (χ4n) is 2.18. The van der Waals surface area contributed by atoms with Crippen LogP contribution in [0.3, 0.4) is 0 Å². The molecule has 1 atom stereocenters. The highest BCUT2D eigenvalue weighted by molar-refractivity contribution is 7.11. The average molecular weight is 296 g/mol. The van der Waals surface area contributed by atoms with E-state index in [1.54, 1.807) is 23.2 Å². The van der Waals surface area contributed by atoms with Gasteiger partial charge in [-0.3, -0.25) is 4.79 Å². The molecular weight excluding hydrogens is 276 g/mol. The third-order valence-electron chi connectivity index (χ3n) is 3.77. The number of aliphatic carboxylic acids is 1. The monoisotopic (exact) mass is 296 g/mol. The number of nitrogens with zero attached hydrogens (tertiary/aromatic N) is 1. The highest BCUT2D eigenvalue weighted by atomic mass is 32.1. The van der Waals surface area contributed by atoms with Crippen molar-refractivity contribution in [1.29, 1.82) is 0 Å². The quantitative estimate of drug-likeness (QED) is 0.875. The maximum atomic E-state index is 11.9. The van der Waals surface area contributed by atoms with Gasteiger partial charge < -0.3 is 15.3 Å². The van der Waals surface area contributed by atoms with Gasteiger partial charge in [0.1, 0.15) is 0 Å². The van der Waals surface area contributed by atoms with E-state index in [0.29, 0.717) is 19.6 Å². The number of carboxylic acid groups (broad SMARTS) is 1. The van der Waals surface area contributed by atoms with Crippen LogP contribution in [-0.2, 0) is 17.8 Å². The van der Waals surface area contributed by atoms with Crippen LogP contribution in [0.4, 0.5) is 4.79 Å². The number of aryl methyl sites for hydroxylation is 1. The number of urea groups is 1. The zero-order valence-corrected chi connectivity index (χ0v) is 12.6. The van der Waals surface area contributed by atoms with Crippen LogP contribution in [0.2, 0.25) is 0 Å². The smallest absolute Gasteiger partial charge is 0.317 e. The summed E-state index contributed by atoms with van der Waals surface area (Å²) in [6.45, 7) is 5.41. The Hall–Kier alpha value is -1.56. The molecule has 1 saturated heterocycles. The SMILES string of the molecule is CCc1ccc(CNC(=O)N2CC(C(C)C(=O)O)C2)s1. The number of amides is 2. The van der Waals surface area contributed by atoms with Crippen molar-refractivity contribution in [2.45, 2.75) is 26.8 Å². The van der Waals surface area contributed by atoms with Crippen LogP contribution in [0.1, 0.15) is 23.6 Å². The topological polar surface area (TPSA) is 69.6 Å². The summed E-state index contributed by atoms with van der Waals surface area (Å²) in [5, 5.41) is 11.8. The Balaban J connectivity index is 1.73. The highest BCUT2D eigenvalue weighted by Gasteiger charge is 2.37. The summed E-state index contributed by atoms with van der Waals surface area (Å²) in [4.78, 5) is 26.8. The first-order chi connectivity index (χ1) is 9.51. The largest absolute Gasteiger partial charge is 0.481 e. The van der Waals surface area contributed by atoms with Crippen molar-refractivity contribution >= 4 is 23.3 Å². The number of thiophene rings is 1. The van der Waals surface area contributed by atoms with E-state index in [0.717, 1.165) is 11.3 Å².